The molecule has 0 aromatic carbocycles. The van der Waals surface area contributed by atoms with Gasteiger partial charge in [-0.25, -0.2) is 0 Å². The van der Waals surface area contributed by atoms with Crippen molar-refractivity contribution in [2.45, 2.75) is 65.2 Å². The van der Waals surface area contributed by atoms with Gasteiger partial charge in [0.05, 0.1) is 5.41 Å². The zero-order valence-corrected chi connectivity index (χ0v) is 14.0. The molecule has 0 aliphatic heterocycles. The summed E-state index contributed by atoms with van der Waals surface area (Å²) in [6, 6.07) is 0. The minimum atomic E-state index is -0.579. The summed E-state index contributed by atoms with van der Waals surface area (Å²) in [5.41, 5.74) is 2.96. The van der Waals surface area contributed by atoms with Crippen LogP contribution < -0.4 is 0 Å². The van der Waals surface area contributed by atoms with Crippen molar-refractivity contribution in [1.29, 1.82) is 0 Å². The molecule has 0 aromatic rings. The van der Waals surface area contributed by atoms with Gasteiger partial charge in [-0.1, -0.05) is 37.1 Å². The van der Waals surface area contributed by atoms with E-state index >= 15 is 0 Å². The van der Waals surface area contributed by atoms with Gasteiger partial charge in [0.1, 0.15) is 0 Å². The molecule has 1 spiro atoms. The molecule has 0 aromatic heterocycles. The number of hydrogen-bond acceptors (Lipinski definition) is 1. The third-order valence-electron chi connectivity index (χ3n) is 7.90. The molecule has 3 saturated carbocycles. The minimum absolute atomic E-state index is 0.0965. The molecule has 22 heavy (non-hydrogen) atoms. The van der Waals surface area contributed by atoms with Crippen LogP contribution in [-0.4, -0.2) is 11.1 Å². The number of aliphatic carboxylic acids is 1. The fraction of sp³-hybridized carbons (Fsp3) is 0.750. The fourth-order valence-electron chi connectivity index (χ4n) is 6.87. The molecule has 1 N–H and O–H groups in total. The van der Waals surface area contributed by atoms with Crippen molar-refractivity contribution in [3.8, 4) is 0 Å². The number of fused-ring (bicyclic) bond motifs is 3. The molecule has 0 saturated heterocycles. The van der Waals surface area contributed by atoms with Crippen molar-refractivity contribution in [2.75, 3.05) is 0 Å². The summed E-state index contributed by atoms with van der Waals surface area (Å²) in [4.78, 5) is 12.0. The van der Waals surface area contributed by atoms with Crippen molar-refractivity contribution in [3.05, 3.63) is 23.8 Å². The summed E-state index contributed by atoms with van der Waals surface area (Å²) >= 11 is 0. The Hall–Kier alpha value is -1.05. The van der Waals surface area contributed by atoms with Crippen LogP contribution in [0, 0.1) is 28.1 Å². The van der Waals surface area contributed by atoms with Gasteiger partial charge in [0.2, 0.25) is 0 Å². The Morgan fingerprint density at radius 3 is 2.82 bits per heavy atom. The van der Waals surface area contributed by atoms with Gasteiger partial charge in [-0.3, -0.25) is 4.79 Å². The normalized spacial score (nSPS) is 50.1. The Labute approximate surface area is 133 Å². The second-order valence-corrected chi connectivity index (χ2v) is 8.95. The van der Waals surface area contributed by atoms with E-state index in [1.54, 1.807) is 5.57 Å². The van der Waals surface area contributed by atoms with Crippen LogP contribution in [0.5, 0.6) is 0 Å². The lowest BCUT2D eigenvalue weighted by atomic mass is 9.44. The molecule has 4 rings (SSSR count). The van der Waals surface area contributed by atoms with Crippen LogP contribution in [0.4, 0.5) is 0 Å². The van der Waals surface area contributed by atoms with Crippen LogP contribution in [0.25, 0.3) is 0 Å². The van der Waals surface area contributed by atoms with E-state index < -0.39 is 11.4 Å². The van der Waals surface area contributed by atoms with Crippen LogP contribution in [0.15, 0.2) is 23.8 Å². The summed E-state index contributed by atoms with van der Waals surface area (Å²) in [6.45, 7) is 8.73. The van der Waals surface area contributed by atoms with E-state index in [1.807, 2.05) is 6.92 Å². The van der Waals surface area contributed by atoms with E-state index in [2.05, 4.69) is 19.6 Å². The summed E-state index contributed by atoms with van der Waals surface area (Å²) < 4.78 is 0. The Morgan fingerprint density at radius 2 is 2.09 bits per heavy atom. The fourth-order valence-corrected chi connectivity index (χ4v) is 6.87. The van der Waals surface area contributed by atoms with E-state index in [0.717, 1.165) is 32.1 Å². The Morgan fingerprint density at radius 1 is 1.32 bits per heavy atom. The number of carboxylic acid groups (broad SMARTS) is 1. The van der Waals surface area contributed by atoms with E-state index in [0.29, 0.717) is 17.3 Å². The molecule has 4 aliphatic rings. The van der Waals surface area contributed by atoms with Gasteiger partial charge in [-0.15, -0.1) is 0 Å². The van der Waals surface area contributed by atoms with Crippen LogP contribution >= 0.6 is 0 Å². The van der Waals surface area contributed by atoms with Gasteiger partial charge in [-0.05, 0) is 74.5 Å². The van der Waals surface area contributed by atoms with Crippen molar-refractivity contribution in [1.82, 2.24) is 0 Å². The molecule has 0 radical (unpaired) electrons. The molecular formula is C20H28O2. The third kappa shape index (κ3) is 1.59. The maximum atomic E-state index is 12.0. The van der Waals surface area contributed by atoms with Gasteiger partial charge in [0.15, 0.2) is 0 Å². The number of carbonyl (C=O) groups is 1. The number of rotatable bonds is 1. The minimum Gasteiger partial charge on any atom is -0.481 e. The zero-order valence-electron chi connectivity index (χ0n) is 14.0. The predicted molar refractivity (Wildman–Crippen MR) is 87.4 cm³/mol. The molecule has 0 amide bonds. The topological polar surface area (TPSA) is 37.3 Å². The van der Waals surface area contributed by atoms with Gasteiger partial charge in [0, 0.05) is 0 Å². The van der Waals surface area contributed by atoms with Crippen LogP contribution in [-0.2, 0) is 4.79 Å². The Balaban J connectivity index is 1.80. The highest BCUT2D eigenvalue weighted by Gasteiger charge is 2.62. The Kier molecular flexibility index (Phi) is 2.82. The summed E-state index contributed by atoms with van der Waals surface area (Å²) in [5, 5.41) is 9.89. The summed E-state index contributed by atoms with van der Waals surface area (Å²) in [6.07, 6.45) is 11.4. The lowest BCUT2D eigenvalue weighted by molar-refractivity contribution is -0.161. The lowest BCUT2D eigenvalue weighted by Gasteiger charge is -2.60. The lowest BCUT2D eigenvalue weighted by Crippen LogP contribution is -2.54. The van der Waals surface area contributed by atoms with Crippen molar-refractivity contribution >= 4 is 5.97 Å². The van der Waals surface area contributed by atoms with E-state index in [-0.39, 0.29) is 5.41 Å². The highest BCUT2D eigenvalue weighted by atomic mass is 16.4. The zero-order chi connectivity index (χ0) is 15.8. The third-order valence-corrected chi connectivity index (χ3v) is 7.90. The van der Waals surface area contributed by atoms with Crippen molar-refractivity contribution < 1.29 is 9.90 Å². The number of hydrogen-bond donors (Lipinski definition) is 1. The molecule has 3 fully saturated rings. The van der Waals surface area contributed by atoms with Crippen molar-refractivity contribution in [2.24, 2.45) is 28.1 Å². The standard InChI is InChI=1S/C20H28O2/c1-13-11-20-10-7-15-18(2,16(20)6-5-14(13)12-20)8-4-9-19(15,3)17(21)22/h6,14-15H,1,4-5,7-12H2,2-3H3,(H,21,22)/t14?,15-,18+,19+,20+/m0/s1. The first-order chi connectivity index (χ1) is 10.3. The predicted octanol–water partition coefficient (Wildman–Crippen LogP) is 4.96. The molecular weight excluding hydrogens is 272 g/mol. The van der Waals surface area contributed by atoms with Gasteiger partial charge in [0.25, 0.3) is 0 Å². The van der Waals surface area contributed by atoms with Gasteiger partial charge in [-0.2, -0.15) is 0 Å². The van der Waals surface area contributed by atoms with Gasteiger partial charge >= 0.3 is 5.97 Å². The second kappa shape index (κ2) is 4.27. The molecule has 0 heterocycles. The average Bonchev–Trinajstić information content (AvgIpc) is 2.68. The maximum absolute atomic E-state index is 12.0. The molecule has 120 valence electrons. The van der Waals surface area contributed by atoms with Crippen LogP contribution in [0.2, 0.25) is 0 Å². The first-order valence-corrected chi connectivity index (χ1v) is 8.94. The SMILES string of the molecule is C=C1C[C@@]23CC[C@@H]4[C@](C)(C(=O)O)CCC[C@@]4(C)C2=CCC1C3. The number of carboxylic acids is 1. The molecule has 5 atom stereocenters. The summed E-state index contributed by atoms with van der Waals surface area (Å²) in [7, 11) is 0. The highest BCUT2D eigenvalue weighted by molar-refractivity contribution is 5.75. The molecule has 1 unspecified atom stereocenters. The maximum Gasteiger partial charge on any atom is 0.309 e. The smallest absolute Gasteiger partial charge is 0.309 e. The average molecular weight is 300 g/mol. The van der Waals surface area contributed by atoms with E-state index in [1.165, 1.54) is 24.8 Å². The molecule has 2 heteroatoms. The quantitative estimate of drug-likeness (QED) is 0.695. The monoisotopic (exact) mass is 300 g/mol. The summed E-state index contributed by atoms with van der Waals surface area (Å²) in [5.74, 6) is 0.413. The molecule has 2 nitrogen and oxygen atoms in total. The second-order valence-electron chi connectivity index (χ2n) is 8.95. The molecule has 2 bridgehead atoms. The van der Waals surface area contributed by atoms with Crippen LogP contribution in [0.3, 0.4) is 0 Å². The first kappa shape index (κ1) is 14.5. The largest absolute Gasteiger partial charge is 0.481 e. The molecule has 4 aliphatic carbocycles. The van der Waals surface area contributed by atoms with Crippen molar-refractivity contribution in [3.63, 3.8) is 0 Å². The Bertz CT molecular complexity index is 589. The first-order valence-electron chi connectivity index (χ1n) is 8.94. The van der Waals surface area contributed by atoms with E-state index in [9.17, 15) is 9.90 Å². The van der Waals surface area contributed by atoms with Gasteiger partial charge < -0.3 is 5.11 Å². The van der Waals surface area contributed by atoms with Crippen LogP contribution in [0.1, 0.15) is 65.2 Å². The highest BCUT2D eigenvalue weighted by Crippen LogP contribution is 2.70. The van der Waals surface area contributed by atoms with E-state index in [4.69, 9.17) is 0 Å². The number of allylic oxidation sites excluding steroid dienone is 3.